The number of ether oxygens (including phenoxy) is 2. The van der Waals surface area contributed by atoms with E-state index in [9.17, 15) is 17.6 Å². The summed E-state index contributed by atoms with van der Waals surface area (Å²) in [5.74, 6) is -0.444. The van der Waals surface area contributed by atoms with E-state index in [1.54, 1.807) is 43.3 Å². The summed E-state index contributed by atoms with van der Waals surface area (Å²) in [5.41, 5.74) is 1.68. The molecule has 4 rings (SSSR count). The number of hydrogen-bond donors (Lipinski definition) is 2. The number of anilines is 3. The summed E-state index contributed by atoms with van der Waals surface area (Å²) >= 11 is 0. The van der Waals surface area contributed by atoms with Crippen molar-refractivity contribution in [3.8, 4) is 5.75 Å². The van der Waals surface area contributed by atoms with Crippen LogP contribution in [0.5, 0.6) is 5.75 Å². The van der Waals surface area contributed by atoms with Gasteiger partial charge in [-0.2, -0.15) is 0 Å². The van der Waals surface area contributed by atoms with Crippen molar-refractivity contribution in [2.75, 3.05) is 48.4 Å². The number of nitrogens with one attached hydrogen (secondary N) is 2. The van der Waals surface area contributed by atoms with Crippen molar-refractivity contribution >= 4 is 33.0 Å². The van der Waals surface area contributed by atoms with E-state index >= 15 is 0 Å². The van der Waals surface area contributed by atoms with Gasteiger partial charge in [0.2, 0.25) is 0 Å². The van der Waals surface area contributed by atoms with E-state index in [0.29, 0.717) is 49.0 Å². The van der Waals surface area contributed by atoms with Crippen LogP contribution in [0.3, 0.4) is 0 Å². The maximum Gasteiger partial charge on any atom is 0.264 e. The summed E-state index contributed by atoms with van der Waals surface area (Å²) in [6.45, 7) is 3.61. The van der Waals surface area contributed by atoms with Gasteiger partial charge in [-0.25, -0.2) is 12.8 Å². The van der Waals surface area contributed by atoms with Crippen LogP contribution in [0.2, 0.25) is 0 Å². The minimum atomic E-state index is -4.03. The van der Waals surface area contributed by atoms with E-state index in [0.717, 1.165) is 6.07 Å². The van der Waals surface area contributed by atoms with E-state index in [1.165, 1.54) is 25.3 Å². The molecule has 1 amide bonds. The van der Waals surface area contributed by atoms with Gasteiger partial charge in [0.25, 0.3) is 15.9 Å². The van der Waals surface area contributed by atoms with Crippen LogP contribution in [0.1, 0.15) is 15.9 Å². The lowest BCUT2D eigenvalue weighted by molar-refractivity contribution is 0.102. The number of carbonyl (C=O) groups excluding carboxylic acids is 1. The molecule has 1 saturated heterocycles. The van der Waals surface area contributed by atoms with Crippen LogP contribution >= 0.6 is 0 Å². The molecule has 8 nitrogen and oxygen atoms in total. The maximum atomic E-state index is 13.9. The second-order valence-electron chi connectivity index (χ2n) is 8.03. The third-order valence-corrected chi connectivity index (χ3v) is 7.05. The first-order valence-corrected chi connectivity index (χ1v) is 12.5. The zero-order chi connectivity index (χ0) is 25.0. The van der Waals surface area contributed by atoms with E-state index in [-0.39, 0.29) is 16.1 Å². The van der Waals surface area contributed by atoms with Crippen molar-refractivity contribution in [2.24, 2.45) is 0 Å². The highest BCUT2D eigenvalue weighted by atomic mass is 32.2. The van der Waals surface area contributed by atoms with Gasteiger partial charge in [-0.05, 0) is 67.1 Å². The third kappa shape index (κ3) is 5.72. The summed E-state index contributed by atoms with van der Waals surface area (Å²) in [6, 6.07) is 15.4. The smallest absolute Gasteiger partial charge is 0.264 e. The number of morpholine rings is 1. The molecular weight excluding hydrogens is 473 g/mol. The fourth-order valence-electron chi connectivity index (χ4n) is 3.68. The van der Waals surface area contributed by atoms with Gasteiger partial charge in [-0.15, -0.1) is 0 Å². The molecule has 1 aliphatic heterocycles. The lowest BCUT2D eigenvalue weighted by Crippen LogP contribution is -2.37. The minimum Gasteiger partial charge on any atom is -0.497 e. The second kappa shape index (κ2) is 10.3. The van der Waals surface area contributed by atoms with Crippen LogP contribution in [-0.4, -0.2) is 47.7 Å². The summed E-state index contributed by atoms with van der Waals surface area (Å²) in [7, 11) is -2.51. The van der Waals surface area contributed by atoms with E-state index in [2.05, 4.69) is 10.0 Å². The van der Waals surface area contributed by atoms with Gasteiger partial charge >= 0.3 is 0 Å². The Hall–Kier alpha value is -3.63. The Morgan fingerprint density at radius 2 is 1.69 bits per heavy atom. The third-order valence-electron chi connectivity index (χ3n) is 5.64. The molecule has 2 N–H and O–H groups in total. The molecule has 1 aliphatic rings. The monoisotopic (exact) mass is 499 g/mol. The van der Waals surface area contributed by atoms with Gasteiger partial charge < -0.3 is 19.7 Å². The highest BCUT2D eigenvalue weighted by Gasteiger charge is 2.25. The fraction of sp³-hybridized carbons (Fsp3) is 0.240. The molecule has 0 spiro atoms. The van der Waals surface area contributed by atoms with Crippen molar-refractivity contribution in [3.63, 3.8) is 0 Å². The summed E-state index contributed by atoms with van der Waals surface area (Å²) in [5, 5.41) is 2.67. The van der Waals surface area contributed by atoms with Crippen LogP contribution in [0.25, 0.3) is 0 Å². The lowest BCUT2D eigenvalue weighted by Gasteiger charge is -2.30. The average Bonchev–Trinajstić information content (AvgIpc) is 2.86. The SMILES string of the molecule is COc1ccc(NS(=O)(=O)c2cc(NC(=O)c3ccc(C)c(F)c3)ccc2N2CCOCC2)cc1. The van der Waals surface area contributed by atoms with Crippen molar-refractivity contribution < 1.29 is 27.1 Å². The molecule has 0 unspecified atom stereocenters. The van der Waals surface area contributed by atoms with Gasteiger partial charge in [0.1, 0.15) is 16.5 Å². The minimum absolute atomic E-state index is 0.00287. The number of carbonyl (C=O) groups is 1. The molecule has 0 atom stereocenters. The zero-order valence-electron chi connectivity index (χ0n) is 19.4. The van der Waals surface area contributed by atoms with E-state index in [1.807, 2.05) is 4.90 Å². The van der Waals surface area contributed by atoms with Crippen LogP contribution in [0.15, 0.2) is 65.6 Å². The maximum absolute atomic E-state index is 13.9. The summed E-state index contributed by atoms with van der Waals surface area (Å²) < 4.78 is 53.9. The molecule has 35 heavy (non-hydrogen) atoms. The number of nitrogens with zero attached hydrogens (tertiary/aromatic N) is 1. The molecule has 3 aromatic carbocycles. The lowest BCUT2D eigenvalue weighted by atomic mass is 10.1. The number of rotatable bonds is 7. The number of benzene rings is 3. The van der Waals surface area contributed by atoms with Gasteiger partial charge in [-0.3, -0.25) is 9.52 Å². The molecule has 1 fully saturated rings. The largest absolute Gasteiger partial charge is 0.497 e. The van der Waals surface area contributed by atoms with Crippen LogP contribution in [-0.2, 0) is 14.8 Å². The Bertz CT molecular complexity index is 1320. The first kappa shape index (κ1) is 24.5. The molecule has 0 bridgehead atoms. The molecular formula is C25H26FN3O5S. The molecule has 0 aliphatic carbocycles. The first-order valence-electron chi connectivity index (χ1n) is 11.0. The quantitative estimate of drug-likeness (QED) is 0.510. The highest BCUT2D eigenvalue weighted by molar-refractivity contribution is 7.92. The zero-order valence-corrected chi connectivity index (χ0v) is 20.2. The van der Waals surface area contributed by atoms with E-state index < -0.39 is 21.7 Å². The number of halogens is 1. The number of methoxy groups -OCH3 is 1. The van der Waals surface area contributed by atoms with Gasteiger partial charge in [0, 0.05) is 30.0 Å². The molecule has 0 aromatic heterocycles. The number of amides is 1. The molecule has 3 aromatic rings. The normalized spacial score (nSPS) is 13.9. The summed E-state index contributed by atoms with van der Waals surface area (Å²) in [4.78, 5) is 14.6. The second-order valence-corrected chi connectivity index (χ2v) is 9.68. The van der Waals surface area contributed by atoms with Crippen molar-refractivity contribution in [2.45, 2.75) is 11.8 Å². The fourth-order valence-corrected chi connectivity index (χ4v) is 4.99. The predicted molar refractivity (Wildman–Crippen MR) is 132 cm³/mol. The average molecular weight is 500 g/mol. The Balaban J connectivity index is 1.67. The van der Waals surface area contributed by atoms with Crippen molar-refractivity contribution in [3.05, 3.63) is 77.6 Å². The Morgan fingerprint density at radius 1 is 1.00 bits per heavy atom. The Labute approximate surface area is 203 Å². The summed E-state index contributed by atoms with van der Waals surface area (Å²) in [6.07, 6.45) is 0. The Kier molecular flexibility index (Phi) is 7.23. The topological polar surface area (TPSA) is 97.0 Å². The van der Waals surface area contributed by atoms with E-state index in [4.69, 9.17) is 9.47 Å². The van der Waals surface area contributed by atoms with Gasteiger partial charge in [0.05, 0.1) is 26.0 Å². The van der Waals surface area contributed by atoms with Gasteiger partial charge in [0.15, 0.2) is 0 Å². The number of hydrogen-bond acceptors (Lipinski definition) is 6. The highest BCUT2D eigenvalue weighted by Crippen LogP contribution is 2.31. The number of sulfonamides is 1. The standard InChI is InChI=1S/C25H26FN3O5S/c1-17-3-4-18(15-22(17)26)25(30)27-20-7-10-23(29-11-13-34-14-12-29)24(16-20)35(31,32)28-19-5-8-21(33-2)9-6-19/h3-10,15-16,28H,11-14H2,1-2H3,(H,27,30). The van der Waals surface area contributed by atoms with Crippen molar-refractivity contribution in [1.29, 1.82) is 0 Å². The number of aryl methyl sites for hydroxylation is 1. The van der Waals surface area contributed by atoms with Crippen LogP contribution < -0.4 is 19.7 Å². The molecule has 184 valence electrons. The van der Waals surface area contributed by atoms with Crippen LogP contribution in [0.4, 0.5) is 21.5 Å². The molecule has 0 radical (unpaired) electrons. The molecule has 10 heteroatoms. The first-order chi connectivity index (χ1) is 16.8. The molecule has 0 saturated carbocycles. The van der Waals surface area contributed by atoms with Gasteiger partial charge in [-0.1, -0.05) is 6.07 Å². The van der Waals surface area contributed by atoms with Crippen molar-refractivity contribution in [1.82, 2.24) is 0 Å². The Morgan fingerprint density at radius 3 is 2.34 bits per heavy atom. The van der Waals surface area contributed by atoms with Crippen LogP contribution in [0, 0.1) is 12.7 Å². The predicted octanol–water partition coefficient (Wildman–Crippen LogP) is 4.03. The molecule has 1 heterocycles.